The van der Waals surface area contributed by atoms with Crippen molar-refractivity contribution in [3.8, 4) is 6.07 Å². The van der Waals surface area contributed by atoms with E-state index in [1.807, 2.05) is 18.2 Å². The molecule has 1 atom stereocenters. The van der Waals surface area contributed by atoms with Crippen molar-refractivity contribution in [2.75, 3.05) is 0 Å². The summed E-state index contributed by atoms with van der Waals surface area (Å²) in [5.41, 5.74) is 4.36. The van der Waals surface area contributed by atoms with Gasteiger partial charge >= 0.3 is 0 Å². The van der Waals surface area contributed by atoms with Crippen LogP contribution in [0.25, 0.3) is 0 Å². The smallest absolute Gasteiger partial charge is 0.130 e. The van der Waals surface area contributed by atoms with Crippen molar-refractivity contribution >= 4 is 0 Å². The topological polar surface area (TPSA) is 45.0 Å². The average molecular weight is 172 g/mol. The molecule has 0 aromatic heterocycles. The second kappa shape index (κ2) is 3.30. The SMILES string of the molecule is N#Cc1ccc(C2C=CNO2)cc1. The largest absolute Gasteiger partial charge is 0.274 e. The first kappa shape index (κ1) is 7.84. The van der Waals surface area contributed by atoms with Crippen LogP contribution in [0.5, 0.6) is 0 Å². The van der Waals surface area contributed by atoms with E-state index in [1.54, 1.807) is 18.3 Å². The first-order chi connectivity index (χ1) is 6.40. The summed E-state index contributed by atoms with van der Waals surface area (Å²) in [5, 5.41) is 8.59. The Kier molecular flexibility index (Phi) is 1.99. The van der Waals surface area contributed by atoms with E-state index in [0.29, 0.717) is 5.56 Å². The first-order valence-electron chi connectivity index (χ1n) is 3.98. The highest BCUT2D eigenvalue weighted by Gasteiger charge is 2.11. The number of nitriles is 1. The van der Waals surface area contributed by atoms with E-state index in [1.165, 1.54) is 0 Å². The lowest BCUT2D eigenvalue weighted by Gasteiger charge is -2.06. The van der Waals surface area contributed by atoms with Crippen LogP contribution in [-0.2, 0) is 4.84 Å². The molecule has 3 nitrogen and oxygen atoms in total. The second-order valence-corrected chi connectivity index (χ2v) is 2.75. The molecule has 0 fully saturated rings. The second-order valence-electron chi connectivity index (χ2n) is 2.75. The Morgan fingerprint density at radius 1 is 1.31 bits per heavy atom. The van der Waals surface area contributed by atoms with E-state index in [0.717, 1.165) is 5.56 Å². The van der Waals surface area contributed by atoms with Gasteiger partial charge in [-0.3, -0.25) is 10.3 Å². The zero-order chi connectivity index (χ0) is 9.10. The van der Waals surface area contributed by atoms with Crippen LogP contribution in [0.2, 0.25) is 0 Å². The molecule has 13 heavy (non-hydrogen) atoms. The van der Waals surface area contributed by atoms with Gasteiger partial charge in [0.1, 0.15) is 6.10 Å². The van der Waals surface area contributed by atoms with Crippen LogP contribution in [0, 0.1) is 11.3 Å². The summed E-state index contributed by atoms with van der Waals surface area (Å²) in [6.07, 6.45) is 3.64. The lowest BCUT2D eigenvalue weighted by molar-refractivity contribution is 0.0470. The highest BCUT2D eigenvalue weighted by atomic mass is 16.7. The molecule has 1 aliphatic rings. The molecule has 0 aliphatic carbocycles. The summed E-state index contributed by atoms with van der Waals surface area (Å²) in [6, 6.07) is 9.41. The maximum atomic E-state index is 8.59. The lowest BCUT2D eigenvalue weighted by Crippen LogP contribution is -2.03. The molecule has 1 unspecified atom stereocenters. The van der Waals surface area contributed by atoms with E-state index in [4.69, 9.17) is 10.1 Å². The molecule has 0 spiro atoms. The van der Waals surface area contributed by atoms with Crippen molar-refractivity contribution in [2.45, 2.75) is 6.10 Å². The van der Waals surface area contributed by atoms with Crippen LogP contribution in [0.1, 0.15) is 17.2 Å². The molecule has 2 rings (SSSR count). The standard InChI is InChI=1S/C10H8N2O/c11-7-8-1-3-9(4-2-8)10-5-6-12-13-10/h1-6,10,12H. The van der Waals surface area contributed by atoms with E-state index < -0.39 is 0 Å². The Bertz CT molecular complexity index is 362. The Morgan fingerprint density at radius 2 is 2.08 bits per heavy atom. The van der Waals surface area contributed by atoms with Crippen LogP contribution in [0.4, 0.5) is 0 Å². The number of nitrogens with one attached hydrogen (secondary N) is 1. The molecule has 1 aromatic carbocycles. The van der Waals surface area contributed by atoms with Gasteiger partial charge in [0.15, 0.2) is 0 Å². The van der Waals surface area contributed by atoms with Crippen molar-refractivity contribution in [1.82, 2.24) is 5.48 Å². The molecule has 0 radical (unpaired) electrons. The number of hydrogen-bond donors (Lipinski definition) is 1. The van der Waals surface area contributed by atoms with Gasteiger partial charge in [0.25, 0.3) is 0 Å². The zero-order valence-electron chi connectivity index (χ0n) is 6.90. The Balaban J connectivity index is 2.23. The van der Waals surface area contributed by atoms with Crippen LogP contribution in [0.15, 0.2) is 36.5 Å². The predicted octanol–water partition coefficient (Wildman–Crippen LogP) is 1.65. The lowest BCUT2D eigenvalue weighted by atomic mass is 10.1. The molecular formula is C10H8N2O. The molecule has 0 saturated carbocycles. The molecule has 64 valence electrons. The van der Waals surface area contributed by atoms with Crippen LogP contribution >= 0.6 is 0 Å². The molecule has 3 heteroatoms. The van der Waals surface area contributed by atoms with Gasteiger partial charge in [-0.05, 0) is 23.8 Å². The highest BCUT2D eigenvalue weighted by molar-refractivity contribution is 5.33. The molecule has 1 aliphatic heterocycles. The summed E-state index contributed by atoms with van der Waals surface area (Å²) >= 11 is 0. The number of hydrogen-bond acceptors (Lipinski definition) is 3. The van der Waals surface area contributed by atoms with Crippen LogP contribution in [-0.4, -0.2) is 0 Å². The molecule has 1 heterocycles. The number of nitrogens with zero attached hydrogens (tertiary/aromatic N) is 1. The minimum atomic E-state index is -0.0345. The fourth-order valence-electron chi connectivity index (χ4n) is 1.21. The maximum Gasteiger partial charge on any atom is 0.130 e. The Hall–Kier alpha value is -1.79. The fourth-order valence-corrected chi connectivity index (χ4v) is 1.21. The van der Waals surface area contributed by atoms with Gasteiger partial charge in [-0.1, -0.05) is 12.1 Å². The van der Waals surface area contributed by atoms with Gasteiger partial charge in [0.2, 0.25) is 0 Å². The fraction of sp³-hybridized carbons (Fsp3) is 0.100. The minimum Gasteiger partial charge on any atom is -0.274 e. The Labute approximate surface area is 76.2 Å². The monoisotopic (exact) mass is 172 g/mol. The average Bonchev–Trinajstić information content (AvgIpc) is 2.71. The predicted molar refractivity (Wildman–Crippen MR) is 47.3 cm³/mol. The van der Waals surface area contributed by atoms with E-state index in [2.05, 4.69) is 11.5 Å². The molecule has 1 aromatic rings. The van der Waals surface area contributed by atoms with Gasteiger partial charge in [-0.25, -0.2) is 0 Å². The summed E-state index contributed by atoms with van der Waals surface area (Å²) < 4.78 is 0. The highest BCUT2D eigenvalue weighted by Crippen LogP contribution is 2.20. The van der Waals surface area contributed by atoms with Gasteiger partial charge in [0.05, 0.1) is 11.6 Å². The van der Waals surface area contributed by atoms with Crippen molar-refractivity contribution in [2.24, 2.45) is 0 Å². The quantitative estimate of drug-likeness (QED) is 0.700. The summed E-state index contributed by atoms with van der Waals surface area (Å²) in [5.74, 6) is 0. The van der Waals surface area contributed by atoms with Gasteiger partial charge in [0, 0.05) is 6.20 Å². The van der Waals surface area contributed by atoms with E-state index in [-0.39, 0.29) is 6.10 Å². The van der Waals surface area contributed by atoms with Crippen LogP contribution in [0.3, 0.4) is 0 Å². The van der Waals surface area contributed by atoms with Gasteiger partial charge in [-0.15, -0.1) is 0 Å². The van der Waals surface area contributed by atoms with Crippen molar-refractivity contribution in [1.29, 1.82) is 5.26 Å². The molecule has 0 saturated heterocycles. The van der Waals surface area contributed by atoms with Crippen molar-refractivity contribution < 1.29 is 4.84 Å². The minimum absolute atomic E-state index is 0.0345. The van der Waals surface area contributed by atoms with Gasteiger partial charge < -0.3 is 0 Å². The number of rotatable bonds is 1. The normalized spacial score (nSPS) is 19.5. The number of hydroxylamine groups is 1. The third-order valence-corrected chi connectivity index (χ3v) is 1.90. The summed E-state index contributed by atoms with van der Waals surface area (Å²) in [7, 11) is 0. The van der Waals surface area contributed by atoms with Crippen molar-refractivity contribution in [3.05, 3.63) is 47.7 Å². The van der Waals surface area contributed by atoms with E-state index in [9.17, 15) is 0 Å². The zero-order valence-corrected chi connectivity index (χ0v) is 6.90. The van der Waals surface area contributed by atoms with E-state index >= 15 is 0 Å². The maximum absolute atomic E-state index is 8.59. The third-order valence-electron chi connectivity index (χ3n) is 1.90. The number of benzene rings is 1. The molecule has 1 N–H and O–H groups in total. The summed E-state index contributed by atoms with van der Waals surface area (Å²) in [6.45, 7) is 0. The molecule has 0 amide bonds. The molecule has 0 bridgehead atoms. The van der Waals surface area contributed by atoms with Crippen LogP contribution < -0.4 is 5.48 Å². The van der Waals surface area contributed by atoms with Gasteiger partial charge in [-0.2, -0.15) is 5.26 Å². The third kappa shape index (κ3) is 1.53. The Morgan fingerprint density at radius 3 is 2.62 bits per heavy atom. The molecular weight excluding hydrogens is 164 g/mol. The summed E-state index contributed by atoms with van der Waals surface area (Å²) in [4.78, 5) is 5.17. The first-order valence-corrected chi connectivity index (χ1v) is 3.98. The van der Waals surface area contributed by atoms with Crippen molar-refractivity contribution in [3.63, 3.8) is 0 Å².